The molecule has 0 spiro atoms. The minimum absolute atomic E-state index is 0.0270. The number of sulfonamides is 1. The molecule has 1 saturated heterocycles. The van der Waals surface area contributed by atoms with Crippen molar-refractivity contribution in [2.75, 3.05) is 13.1 Å². The maximum atomic E-state index is 13.1. The van der Waals surface area contributed by atoms with Gasteiger partial charge in [0.2, 0.25) is 10.0 Å². The van der Waals surface area contributed by atoms with Crippen LogP contribution in [0.15, 0.2) is 36.5 Å². The van der Waals surface area contributed by atoms with Crippen molar-refractivity contribution in [2.24, 2.45) is 0 Å². The van der Waals surface area contributed by atoms with Crippen molar-refractivity contribution < 1.29 is 8.42 Å². The number of rotatable bonds is 4. The lowest BCUT2D eigenvalue weighted by Crippen LogP contribution is -2.40. The molecular weight excluding hydrogens is 348 g/mol. The molecule has 26 heavy (non-hydrogen) atoms. The summed E-state index contributed by atoms with van der Waals surface area (Å²) < 4.78 is 27.8. The molecule has 1 aromatic carbocycles. The molecule has 3 heterocycles. The Hall–Kier alpha value is -1.83. The summed E-state index contributed by atoms with van der Waals surface area (Å²) in [6.45, 7) is 2.24. The Balaban J connectivity index is 1.62. The number of nitrogens with one attached hydrogen (secondary N) is 1. The second-order valence-corrected chi connectivity index (χ2v) is 8.91. The van der Waals surface area contributed by atoms with Gasteiger partial charge in [-0.3, -0.25) is 0 Å². The third kappa shape index (κ3) is 3.65. The summed E-state index contributed by atoms with van der Waals surface area (Å²) in [6.07, 6.45) is 5.41. The van der Waals surface area contributed by atoms with E-state index in [4.69, 9.17) is 4.98 Å². The first-order chi connectivity index (χ1) is 12.6. The highest BCUT2D eigenvalue weighted by Gasteiger charge is 2.35. The van der Waals surface area contributed by atoms with Crippen LogP contribution in [0.5, 0.6) is 0 Å². The Morgan fingerprint density at radius 1 is 1.19 bits per heavy atom. The molecule has 2 aliphatic rings. The van der Waals surface area contributed by atoms with Gasteiger partial charge in [0, 0.05) is 43.5 Å². The number of fused-ring (bicyclic) bond motifs is 1. The lowest BCUT2D eigenvalue weighted by atomic mass is 10.0. The highest BCUT2D eigenvalue weighted by molar-refractivity contribution is 7.88. The minimum atomic E-state index is -3.41. The van der Waals surface area contributed by atoms with E-state index in [0.717, 1.165) is 55.6 Å². The van der Waals surface area contributed by atoms with Gasteiger partial charge in [-0.15, -0.1) is 0 Å². The molecule has 1 atom stereocenters. The lowest BCUT2D eigenvalue weighted by Gasteiger charge is -2.34. The molecule has 2 aliphatic heterocycles. The van der Waals surface area contributed by atoms with Crippen LogP contribution in [-0.2, 0) is 28.7 Å². The van der Waals surface area contributed by atoms with Crippen molar-refractivity contribution in [1.29, 1.82) is 0 Å². The molecule has 4 rings (SSSR count). The zero-order chi connectivity index (χ0) is 18.0. The molecule has 0 radical (unpaired) electrons. The SMILES string of the molecule is O=S(=O)(Cc1ccccc1)N1CCCCC1c1ncc2c(n1)CCNC2. The Kier molecular flexibility index (Phi) is 5.02. The number of nitrogens with zero attached hydrogens (tertiary/aromatic N) is 3. The van der Waals surface area contributed by atoms with Gasteiger partial charge >= 0.3 is 0 Å². The number of aromatic nitrogens is 2. The first-order valence-electron chi connectivity index (χ1n) is 9.22. The summed E-state index contributed by atoms with van der Waals surface area (Å²) in [4.78, 5) is 9.28. The van der Waals surface area contributed by atoms with Gasteiger partial charge in [-0.2, -0.15) is 4.31 Å². The Bertz CT molecular complexity index is 870. The zero-order valence-electron chi connectivity index (χ0n) is 14.8. The Morgan fingerprint density at radius 3 is 2.88 bits per heavy atom. The van der Waals surface area contributed by atoms with E-state index in [1.807, 2.05) is 36.5 Å². The summed E-state index contributed by atoms with van der Waals surface area (Å²) in [5.74, 6) is 0.682. The molecule has 1 aromatic heterocycles. The van der Waals surface area contributed by atoms with E-state index in [-0.39, 0.29) is 11.8 Å². The molecule has 6 nitrogen and oxygen atoms in total. The van der Waals surface area contributed by atoms with E-state index in [9.17, 15) is 8.42 Å². The standard InChI is InChI=1S/C19H24N4O2S/c24-26(25,14-15-6-2-1-3-7-15)23-11-5-4-8-18(23)19-21-13-16-12-20-10-9-17(16)22-19/h1-3,6-7,13,18,20H,4-5,8-12,14H2. The van der Waals surface area contributed by atoms with Gasteiger partial charge in [-0.25, -0.2) is 18.4 Å². The van der Waals surface area contributed by atoms with Gasteiger partial charge in [-0.1, -0.05) is 36.8 Å². The van der Waals surface area contributed by atoms with Gasteiger partial charge in [0.1, 0.15) is 5.82 Å². The van der Waals surface area contributed by atoms with E-state index in [1.54, 1.807) is 4.31 Å². The molecule has 1 fully saturated rings. The smallest absolute Gasteiger partial charge is 0.218 e. The van der Waals surface area contributed by atoms with Crippen LogP contribution in [0.25, 0.3) is 0 Å². The van der Waals surface area contributed by atoms with Gasteiger partial charge in [0.05, 0.1) is 11.8 Å². The fourth-order valence-corrected chi connectivity index (χ4v) is 5.55. The number of hydrogen-bond donors (Lipinski definition) is 1. The number of piperidine rings is 1. The third-order valence-electron chi connectivity index (χ3n) is 5.13. The topological polar surface area (TPSA) is 75.2 Å². The lowest BCUT2D eigenvalue weighted by molar-refractivity contribution is 0.245. The summed E-state index contributed by atoms with van der Waals surface area (Å²) in [7, 11) is -3.41. The normalized spacial score (nSPS) is 21.3. The summed E-state index contributed by atoms with van der Waals surface area (Å²) in [6, 6.07) is 9.11. The van der Waals surface area contributed by atoms with Crippen LogP contribution >= 0.6 is 0 Å². The van der Waals surface area contributed by atoms with E-state index < -0.39 is 10.0 Å². The largest absolute Gasteiger partial charge is 0.312 e. The average molecular weight is 372 g/mol. The minimum Gasteiger partial charge on any atom is -0.312 e. The molecule has 7 heteroatoms. The average Bonchev–Trinajstić information content (AvgIpc) is 2.68. The van der Waals surface area contributed by atoms with Crippen molar-refractivity contribution in [2.45, 2.75) is 44.0 Å². The molecule has 0 aliphatic carbocycles. The fourth-order valence-electron chi connectivity index (χ4n) is 3.78. The van der Waals surface area contributed by atoms with Crippen LogP contribution in [0.3, 0.4) is 0 Å². The van der Waals surface area contributed by atoms with Crippen LogP contribution in [0.2, 0.25) is 0 Å². The van der Waals surface area contributed by atoms with Crippen LogP contribution in [0.1, 0.15) is 47.9 Å². The summed E-state index contributed by atoms with van der Waals surface area (Å²) in [5.41, 5.74) is 2.99. The summed E-state index contributed by atoms with van der Waals surface area (Å²) >= 11 is 0. The second-order valence-electron chi connectivity index (χ2n) is 6.99. The van der Waals surface area contributed by atoms with Crippen molar-refractivity contribution in [3.05, 3.63) is 59.2 Å². The molecule has 138 valence electrons. The second kappa shape index (κ2) is 7.42. The summed E-state index contributed by atoms with van der Waals surface area (Å²) in [5, 5.41) is 3.31. The van der Waals surface area contributed by atoms with Crippen molar-refractivity contribution in [1.82, 2.24) is 19.6 Å². The van der Waals surface area contributed by atoms with Gasteiger partial charge in [-0.05, 0) is 18.4 Å². The molecule has 0 amide bonds. The van der Waals surface area contributed by atoms with E-state index in [2.05, 4.69) is 10.3 Å². The number of benzene rings is 1. The van der Waals surface area contributed by atoms with Crippen molar-refractivity contribution in [3.8, 4) is 0 Å². The quantitative estimate of drug-likeness (QED) is 0.890. The zero-order valence-corrected chi connectivity index (χ0v) is 15.6. The molecule has 1 unspecified atom stereocenters. The van der Waals surface area contributed by atoms with E-state index in [1.165, 1.54) is 0 Å². The van der Waals surface area contributed by atoms with Crippen LogP contribution in [0, 0.1) is 0 Å². The molecule has 0 saturated carbocycles. The first-order valence-corrected chi connectivity index (χ1v) is 10.8. The van der Waals surface area contributed by atoms with E-state index in [0.29, 0.717) is 12.4 Å². The third-order valence-corrected chi connectivity index (χ3v) is 6.98. The predicted octanol–water partition coefficient (Wildman–Crippen LogP) is 2.18. The van der Waals surface area contributed by atoms with Crippen molar-refractivity contribution in [3.63, 3.8) is 0 Å². The monoisotopic (exact) mass is 372 g/mol. The molecule has 0 bridgehead atoms. The maximum absolute atomic E-state index is 13.1. The van der Waals surface area contributed by atoms with Crippen LogP contribution in [0.4, 0.5) is 0 Å². The van der Waals surface area contributed by atoms with Crippen LogP contribution < -0.4 is 5.32 Å². The predicted molar refractivity (Wildman–Crippen MR) is 99.8 cm³/mol. The Labute approximate surface area is 154 Å². The highest BCUT2D eigenvalue weighted by Crippen LogP contribution is 2.33. The fraction of sp³-hybridized carbons (Fsp3) is 0.474. The van der Waals surface area contributed by atoms with Crippen molar-refractivity contribution >= 4 is 10.0 Å². The Morgan fingerprint density at radius 2 is 2.04 bits per heavy atom. The van der Waals surface area contributed by atoms with Crippen LogP contribution in [-0.4, -0.2) is 35.8 Å². The van der Waals surface area contributed by atoms with E-state index >= 15 is 0 Å². The first kappa shape index (κ1) is 17.6. The molecule has 2 aromatic rings. The highest BCUT2D eigenvalue weighted by atomic mass is 32.2. The maximum Gasteiger partial charge on any atom is 0.218 e. The van der Waals surface area contributed by atoms with Gasteiger partial charge in [0.25, 0.3) is 0 Å². The molecule has 1 N–H and O–H groups in total. The van der Waals surface area contributed by atoms with Gasteiger partial charge < -0.3 is 5.32 Å². The van der Waals surface area contributed by atoms with Gasteiger partial charge in [0.15, 0.2) is 0 Å². The molecular formula is C19H24N4O2S. The number of hydrogen-bond acceptors (Lipinski definition) is 5.